The van der Waals surface area contributed by atoms with E-state index < -0.39 is 0 Å². The van der Waals surface area contributed by atoms with Crippen LogP contribution in [0.25, 0.3) is 0 Å². The van der Waals surface area contributed by atoms with Crippen LogP contribution in [0.5, 0.6) is 5.75 Å². The second-order valence-corrected chi connectivity index (χ2v) is 6.77. The van der Waals surface area contributed by atoms with Crippen LogP contribution in [-0.4, -0.2) is 24.1 Å². The average molecular weight is 333 g/mol. The van der Waals surface area contributed by atoms with Crippen molar-refractivity contribution in [2.75, 3.05) is 18.9 Å². The van der Waals surface area contributed by atoms with Crippen molar-refractivity contribution in [2.45, 2.75) is 16.7 Å². The van der Waals surface area contributed by atoms with Gasteiger partial charge in [0, 0.05) is 9.79 Å². The van der Waals surface area contributed by atoms with E-state index in [1.807, 2.05) is 49.4 Å². The van der Waals surface area contributed by atoms with Crippen LogP contribution in [-0.2, 0) is 0 Å². The van der Waals surface area contributed by atoms with Crippen LogP contribution in [0.15, 0.2) is 64.4 Å². The number of hydrogen-bond acceptors (Lipinski definition) is 4. The zero-order valence-corrected chi connectivity index (χ0v) is 14.1. The number of benzene rings is 2. The summed E-state index contributed by atoms with van der Waals surface area (Å²) in [6, 6.07) is 18.2. The molecule has 0 aliphatic rings. The molecular formula is C17H19NO2S2. The van der Waals surface area contributed by atoms with E-state index in [0.29, 0.717) is 13.2 Å². The zero-order valence-electron chi connectivity index (χ0n) is 12.5. The van der Waals surface area contributed by atoms with Crippen molar-refractivity contribution < 1.29 is 9.53 Å². The summed E-state index contributed by atoms with van der Waals surface area (Å²) in [6.45, 7) is 2.95. The van der Waals surface area contributed by atoms with Gasteiger partial charge in [0.1, 0.15) is 12.4 Å². The van der Waals surface area contributed by atoms with E-state index in [1.165, 1.54) is 21.6 Å². The first kappa shape index (κ1) is 16.8. The minimum absolute atomic E-state index is 0.000657. The number of ether oxygens (including phenoxy) is 1. The van der Waals surface area contributed by atoms with E-state index in [1.54, 1.807) is 11.8 Å². The van der Waals surface area contributed by atoms with Gasteiger partial charge in [0.15, 0.2) is 0 Å². The molecule has 2 rings (SSSR count). The maximum atomic E-state index is 11.3. The van der Waals surface area contributed by atoms with Gasteiger partial charge in [-0.15, -0.1) is 0 Å². The van der Waals surface area contributed by atoms with Gasteiger partial charge in [-0.3, -0.25) is 4.79 Å². The first-order valence-corrected chi connectivity index (χ1v) is 8.94. The molecule has 0 unspecified atom stereocenters. The van der Waals surface area contributed by atoms with Crippen LogP contribution in [0.3, 0.4) is 0 Å². The molecule has 0 aliphatic carbocycles. The summed E-state index contributed by atoms with van der Waals surface area (Å²) in [5.74, 6) is 1.60. The number of carbonyl (C=O) groups excluding carboxylic acids is 1. The summed E-state index contributed by atoms with van der Waals surface area (Å²) in [7, 11) is 0. The first-order valence-electron chi connectivity index (χ1n) is 7.14. The Bertz CT molecular complexity index is 573. The monoisotopic (exact) mass is 333 g/mol. The SMILES string of the molecule is CCSC(=O)NCCOc1ccc(Sc2ccccc2)cc1. The van der Waals surface area contributed by atoms with Gasteiger partial charge in [0.2, 0.25) is 0 Å². The van der Waals surface area contributed by atoms with Gasteiger partial charge in [-0.2, -0.15) is 0 Å². The van der Waals surface area contributed by atoms with Gasteiger partial charge in [-0.25, -0.2) is 0 Å². The van der Waals surface area contributed by atoms with Gasteiger partial charge in [-0.1, -0.05) is 48.6 Å². The van der Waals surface area contributed by atoms with Gasteiger partial charge in [0.05, 0.1) is 6.54 Å². The third-order valence-corrected chi connectivity index (χ3v) is 4.43. The molecule has 3 nitrogen and oxygen atoms in total. The summed E-state index contributed by atoms with van der Waals surface area (Å²) in [5.41, 5.74) is 0. The lowest BCUT2D eigenvalue weighted by atomic mass is 10.3. The summed E-state index contributed by atoms with van der Waals surface area (Å²) in [4.78, 5) is 13.7. The Morgan fingerprint density at radius 3 is 2.41 bits per heavy atom. The topological polar surface area (TPSA) is 38.3 Å². The first-order chi connectivity index (χ1) is 10.8. The standard InChI is InChI=1S/C17H19NO2S2/c1-2-21-17(19)18-12-13-20-14-8-10-16(11-9-14)22-15-6-4-3-5-7-15/h3-11H,2,12-13H2,1H3,(H,18,19). The normalized spacial score (nSPS) is 10.2. The van der Waals surface area contributed by atoms with E-state index in [2.05, 4.69) is 17.4 Å². The van der Waals surface area contributed by atoms with Gasteiger partial charge < -0.3 is 10.1 Å². The molecule has 0 fully saturated rings. The fourth-order valence-corrected chi connectivity index (χ4v) is 3.04. The maximum absolute atomic E-state index is 11.3. The lowest BCUT2D eigenvalue weighted by Gasteiger charge is -2.08. The number of hydrogen-bond donors (Lipinski definition) is 1. The molecule has 22 heavy (non-hydrogen) atoms. The predicted molar refractivity (Wildman–Crippen MR) is 94.0 cm³/mol. The molecule has 5 heteroatoms. The van der Waals surface area contributed by atoms with E-state index in [-0.39, 0.29) is 5.24 Å². The zero-order chi connectivity index (χ0) is 15.6. The third-order valence-electron chi connectivity index (χ3n) is 2.72. The molecule has 116 valence electrons. The van der Waals surface area contributed by atoms with Gasteiger partial charge in [-0.05, 0) is 42.2 Å². The van der Waals surface area contributed by atoms with E-state index in [0.717, 1.165) is 11.5 Å². The molecule has 0 aromatic heterocycles. The molecular weight excluding hydrogens is 314 g/mol. The Morgan fingerprint density at radius 1 is 1.05 bits per heavy atom. The molecule has 0 bridgehead atoms. The van der Waals surface area contributed by atoms with E-state index in [4.69, 9.17) is 4.74 Å². The maximum Gasteiger partial charge on any atom is 0.279 e. The molecule has 0 heterocycles. The molecule has 2 aromatic rings. The van der Waals surface area contributed by atoms with Crippen molar-refractivity contribution >= 4 is 28.8 Å². The Kier molecular flexibility index (Phi) is 7.19. The summed E-state index contributed by atoms with van der Waals surface area (Å²) >= 11 is 2.99. The molecule has 2 aromatic carbocycles. The minimum Gasteiger partial charge on any atom is -0.492 e. The molecule has 0 radical (unpaired) electrons. The van der Waals surface area contributed by atoms with Crippen molar-refractivity contribution in [3.63, 3.8) is 0 Å². The van der Waals surface area contributed by atoms with Crippen LogP contribution in [0, 0.1) is 0 Å². The molecule has 0 saturated carbocycles. The fourth-order valence-electron chi connectivity index (χ4n) is 1.73. The Hall–Kier alpha value is -1.59. The Balaban J connectivity index is 1.74. The molecule has 0 atom stereocenters. The fraction of sp³-hybridized carbons (Fsp3) is 0.235. The van der Waals surface area contributed by atoms with Crippen molar-refractivity contribution in [1.82, 2.24) is 5.32 Å². The molecule has 0 spiro atoms. The van der Waals surface area contributed by atoms with E-state index >= 15 is 0 Å². The summed E-state index contributed by atoms with van der Waals surface area (Å²) in [6.07, 6.45) is 0. The summed E-state index contributed by atoms with van der Waals surface area (Å²) in [5, 5.41) is 2.79. The number of carbonyl (C=O) groups is 1. The third kappa shape index (κ3) is 6.03. The lowest BCUT2D eigenvalue weighted by molar-refractivity contribution is 0.256. The van der Waals surface area contributed by atoms with Crippen LogP contribution in [0.2, 0.25) is 0 Å². The predicted octanol–water partition coefficient (Wildman–Crippen LogP) is 4.68. The number of amides is 1. The van der Waals surface area contributed by atoms with Gasteiger partial charge >= 0.3 is 0 Å². The van der Waals surface area contributed by atoms with Crippen LogP contribution < -0.4 is 10.1 Å². The highest BCUT2D eigenvalue weighted by Gasteiger charge is 2.00. The van der Waals surface area contributed by atoms with Crippen molar-refractivity contribution in [2.24, 2.45) is 0 Å². The average Bonchev–Trinajstić information content (AvgIpc) is 2.54. The Labute approximate surface area is 139 Å². The molecule has 1 N–H and O–H groups in total. The number of thioether (sulfide) groups is 1. The van der Waals surface area contributed by atoms with Crippen LogP contribution in [0.1, 0.15) is 6.92 Å². The quantitative estimate of drug-likeness (QED) is 0.747. The molecule has 1 amide bonds. The number of nitrogens with one attached hydrogen (secondary N) is 1. The Morgan fingerprint density at radius 2 is 1.73 bits per heavy atom. The van der Waals surface area contributed by atoms with E-state index in [9.17, 15) is 4.79 Å². The lowest BCUT2D eigenvalue weighted by Crippen LogP contribution is -2.24. The van der Waals surface area contributed by atoms with Crippen LogP contribution in [0.4, 0.5) is 4.79 Å². The van der Waals surface area contributed by atoms with Crippen molar-refractivity contribution in [1.29, 1.82) is 0 Å². The highest BCUT2D eigenvalue weighted by molar-refractivity contribution is 8.13. The minimum atomic E-state index is 0.000657. The highest BCUT2D eigenvalue weighted by Crippen LogP contribution is 2.28. The highest BCUT2D eigenvalue weighted by atomic mass is 32.2. The summed E-state index contributed by atoms with van der Waals surface area (Å²) < 4.78 is 5.61. The van der Waals surface area contributed by atoms with Crippen molar-refractivity contribution in [3.05, 3.63) is 54.6 Å². The van der Waals surface area contributed by atoms with Crippen LogP contribution >= 0.6 is 23.5 Å². The van der Waals surface area contributed by atoms with Gasteiger partial charge in [0.25, 0.3) is 5.24 Å². The number of rotatable bonds is 7. The van der Waals surface area contributed by atoms with Crippen molar-refractivity contribution in [3.8, 4) is 5.75 Å². The smallest absolute Gasteiger partial charge is 0.279 e. The largest absolute Gasteiger partial charge is 0.492 e. The second kappa shape index (κ2) is 9.43. The second-order valence-electron chi connectivity index (χ2n) is 4.38. The molecule has 0 saturated heterocycles. The molecule has 0 aliphatic heterocycles.